The molecule has 0 aliphatic carbocycles. The topological polar surface area (TPSA) is 57.7 Å². The summed E-state index contributed by atoms with van der Waals surface area (Å²) in [5.41, 5.74) is 1.16. The lowest BCUT2D eigenvalue weighted by Crippen LogP contribution is -2.50. The molecule has 8 heteroatoms. The first-order valence-corrected chi connectivity index (χ1v) is 11.0. The molecular weight excluding hydrogens is 403 g/mol. The number of hydrogen-bond donors (Lipinski definition) is 1. The van der Waals surface area contributed by atoms with Crippen LogP contribution in [0.3, 0.4) is 0 Å². The van der Waals surface area contributed by atoms with E-state index in [4.69, 9.17) is 4.74 Å². The number of rotatable bonds is 6. The van der Waals surface area contributed by atoms with Gasteiger partial charge in [0, 0.05) is 31.9 Å². The van der Waals surface area contributed by atoms with Crippen LogP contribution in [-0.2, 0) is 0 Å². The molecule has 3 aromatic rings. The first-order valence-electron chi connectivity index (χ1n) is 10.2. The molecule has 1 aliphatic rings. The second-order valence-electron chi connectivity index (χ2n) is 7.21. The van der Waals surface area contributed by atoms with E-state index in [1.807, 2.05) is 30.3 Å². The Morgan fingerprint density at radius 2 is 1.93 bits per heavy atom. The van der Waals surface area contributed by atoms with Gasteiger partial charge >= 0.3 is 6.03 Å². The third kappa shape index (κ3) is 4.64. The van der Waals surface area contributed by atoms with Crippen molar-refractivity contribution in [2.75, 3.05) is 43.0 Å². The van der Waals surface area contributed by atoms with Gasteiger partial charge in [0.05, 0.1) is 11.3 Å². The minimum Gasteiger partial charge on any atom is -0.494 e. The highest BCUT2D eigenvalue weighted by atomic mass is 32.1. The van der Waals surface area contributed by atoms with Gasteiger partial charge in [-0.3, -0.25) is 0 Å². The molecule has 1 fully saturated rings. The van der Waals surface area contributed by atoms with E-state index in [9.17, 15) is 9.18 Å². The molecule has 1 saturated heterocycles. The smallest absolute Gasteiger partial charge is 0.321 e. The molecular formula is C22H25FN4O2S. The van der Waals surface area contributed by atoms with Crippen LogP contribution in [0.5, 0.6) is 5.75 Å². The number of thiazole rings is 1. The Morgan fingerprint density at radius 3 is 2.63 bits per heavy atom. The van der Waals surface area contributed by atoms with Crippen molar-refractivity contribution in [3.8, 4) is 5.75 Å². The predicted octanol–water partition coefficient (Wildman–Crippen LogP) is 4.97. The molecule has 30 heavy (non-hydrogen) atoms. The number of nitrogens with one attached hydrogen (secondary N) is 1. The Labute approximate surface area is 179 Å². The Morgan fingerprint density at radius 1 is 1.17 bits per heavy atom. The third-order valence-corrected chi connectivity index (χ3v) is 6.15. The van der Waals surface area contributed by atoms with Gasteiger partial charge < -0.3 is 19.9 Å². The molecule has 1 aliphatic heterocycles. The van der Waals surface area contributed by atoms with E-state index in [0.29, 0.717) is 38.3 Å². The summed E-state index contributed by atoms with van der Waals surface area (Å²) < 4.78 is 20.4. The molecule has 2 amide bonds. The molecule has 0 saturated carbocycles. The SMILES string of the molecule is CCCCOc1ccc(NC(=O)N2CCN(c3nc4c(F)cccc4s3)CC2)cc1. The number of hydrogen-bond acceptors (Lipinski definition) is 5. The largest absolute Gasteiger partial charge is 0.494 e. The predicted molar refractivity (Wildman–Crippen MR) is 119 cm³/mol. The van der Waals surface area contributed by atoms with E-state index >= 15 is 0 Å². The Balaban J connectivity index is 1.30. The van der Waals surface area contributed by atoms with Gasteiger partial charge in [-0.2, -0.15) is 0 Å². The number of anilines is 2. The molecule has 0 atom stereocenters. The van der Waals surface area contributed by atoms with Gasteiger partial charge in [-0.25, -0.2) is 14.2 Å². The fourth-order valence-corrected chi connectivity index (χ4v) is 4.34. The van der Waals surface area contributed by atoms with Crippen LogP contribution in [0.4, 0.5) is 20.0 Å². The van der Waals surface area contributed by atoms with Gasteiger partial charge in [0.25, 0.3) is 0 Å². The van der Waals surface area contributed by atoms with E-state index in [1.54, 1.807) is 11.0 Å². The number of amides is 2. The number of fused-ring (bicyclic) bond motifs is 1. The molecule has 6 nitrogen and oxygen atoms in total. The van der Waals surface area contributed by atoms with E-state index < -0.39 is 0 Å². The molecule has 0 spiro atoms. The molecule has 0 bridgehead atoms. The molecule has 1 aromatic heterocycles. The number of piperazine rings is 1. The monoisotopic (exact) mass is 428 g/mol. The van der Waals surface area contributed by atoms with Gasteiger partial charge in [-0.15, -0.1) is 0 Å². The quantitative estimate of drug-likeness (QED) is 0.563. The standard InChI is InChI=1S/C22H25FN4O2S/c1-2-3-15-29-17-9-7-16(8-10-17)24-21(28)26-11-13-27(14-12-26)22-25-20-18(23)5-4-6-19(20)30-22/h4-10H,2-3,11-15H2,1H3,(H,24,28). The maximum Gasteiger partial charge on any atom is 0.321 e. The number of carbonyl (C=O) groups excluding carboxylic acids is 1. The number of nitrogens with zero attached hydrogens (tertiary/aromatic N) is 3. The first kappa shape index (κ1) is 20.4. The van der Waals surface area contributed by atoms with Crippen molar-refractivity contribution in [2.24, 2.45) is 0 Å². The third-order valence-electron chi connectivity index (χ3n) is 5.07. The zero-order valence-electron chi connectivity index (χ0n) is 16.9. The van der Waals surface area contributed by atoms with Crippen molar-refractivity contribution < 1.29 is 13.9 Å². The summed E-state index contributed by atoms with van der Waals surface area (Å²) in [6, 6.07) is 12.3. The van der Waals surface area contributed by atoms with Gasteiger partial charge in [0.1, 0.15) is 17.1 Å². The molecule has 158 valence electrons. The van der Waals surface area contributed by atoms with Crippen LogP contribution in [0, 0.1) is 5.82 Å². The number of halogens is 1. The summed E-state index contributed by atoms with van der Waals surface area (Å²) in [7, 11) is 0. The van der Waals surface area contributed by atoms with Crippen molar-refractivity contribution in [3.05, 3.63) is 48.3 Å². The number of unbranched alkanes of at least 4 members (excludes halogenated alkanes) is 1. The minimum absolute atomic E-state index is 0.121. The van der Waals surface area contributed by atoms with Crippen molar-refractivity contribution in [3.63, 3.8) is 0 Å². The lowest BCUT2D eigenvalue weighted by atomic mass is 10.3. The van der Waals surface area contributed by atoms with E-state index in [-0.39, 0.29) is 11.8 Å². The van der Waals surface area contributed by atoms with Crippen LogP contribution in [0.15, 0.2) is 42.5 Å². The highest BCUT2D eigenvalue weighted by Gasteiger charge is 2.23. The summed E-state index contributed by atoms with van der Waals surface area (Å²) in [5, 5.41) is 3.74. The number of aromatic nitrogens is 1. The second kappa shape index (κ2) is 9.30. The summed E-state index contributed by atoms with van der Waals surface area (Å²) in [6.07, 6.45) is 2.12. The zero-order chi connectivity index (χ0) is 20.9. The summed E-state index contributed by atoms with van der Waals surface area (Å²) in [6.45, 7) is 5.33. The van der Waals surface area contributed by atoms with Gasteiger partial charge in [-0.1, -0.05) is 30.7 Å². The Bertz CT molecular complexity index is 1000. The van der Waals surface area contributed by atoms with E-state index in [1.165, 1.54) is 17.4 Å². The average molecular weight is 429 g/mol. The lowest BCUT2D eigenvalue weighted by Gasteiger charge is -2.34. The first-order chi connectivity index (χ1) is 14.6. The fourth-order valence-electron chi connectivity index (χ4n) is 3.31. The van der Waals surface area contributed by atoms with Crippen LogP contribution in [0.2, 0.25) is 0 Å². The van der Waals surface area contributed by atoms with Crippen LogP contribution < -0.4 is 15.0 Å². The highest BCUT2D eigenvalue weighted by molar-refractivity contribution is 7.22. The molecule has 2 heterocycles. The fraction of sp³-hybridized carbons (Fsp3) is 0.364. The Hall–Kier alpha value is -2.87. The average Bonchev–Trinajstić information content (AvgIpc) is 3.21. The number of carbonyl (C=O) groups is 1. The molecule has 1 N–H and O–H groups in total. The van der Waals surface area contributed by atoms with Crippen molar-refractivity contribution >= 4 is 38.4 Å². The molecule has 0 radical (unpaired) electrons. The van der Waals surface area contributed by atoms with Crippen LogP contribution in [0.25, 0.3) is 10.2 Å². The minimum atomic E-state index is -0.296. The number of para-hydroxylation sites is 1. The molecule has 4 rings (SSSR count). The summed E-state index contributed by atoms with van der Waals surface area (Å²) in [4.78, 5) is 20.9. The zero-order valence-corrected chi connectivity index (χ0v) is 17.8. The number of ether oxygens (including phenoxy) is 1. The van der Waals surface area contributed by atoms with Crippen molar-refractivity contribution in [2.45, 2.75) is 19.8 Å². The van der Waals surface area contributed by atoms with Crippen molar-refractivity contribution in [1.82, 2.24) is 9.88 Å². The summed E-state index contributed by atoms with van der Waals surface area (Å²) >= 11 is 1.48. The van der Waals surface area contributed by atoms with E-state index in [2.05, 4.69) is 22.1 Å². The normalized spacial score (nSPS) is 14.2. The maximum absolute atomic E-state index is 13.9. The lowest BCUT2D eigenvalue weighted by molar-refractivity contribution is 0.208. The van der Waals surface area contributed by atoms with E-state index in [0.717, 1.165) is 34.1 Å². The maximum atomic E-state index is 13.9. The van der Waals surface area contributed by atoms with Gasteiger partial charge in [0.2, 0.25) is 0 Å². The Kier molecular flexibility index (Phi) is 6.32. The van der Waals surface area contributed by atoms with Crippen LogP contribution in [0.1, 0.15) is 19.8 Å². The van der Waals surface area contributed by atoms with Crippen LogP contribution >= 0.6 is 11.3 Å². The number of benzene rings is 2. The number of urea groups is 1. The van der Waals surface area contributed by atoms with Gasteiger partial charge in [-0.05, 0) is 42.8 Å². The van der Waals surface area contributed by atoms with Gasteiger partial charge in [0.15, 0.2) is 5.13 Å². The highest BCUT2D eigenvalue weighted by Crippen LogP contribution is 2.30. The second-order valence-corrected chi connectivity index (χ2v) is 8.22. The van der Waals surface area contributed by atoms with Crippen molar-refractivity contribution in [1.29, 1.82) is 0 Å². The molecule has 2 aromatic carbocycles. The molecule has 0 unspecified atom stereocenters. The van der Waals surface area contributed by atoms with Crippen LogP contribution in [-0.4, -0.2) is 48.7 Å². The summed E-state index contributed by atoms with van der Waals surface area (Å²) in [5.74, 6) is 0.511.